The minimum Gasteiger partial charge on any atom is -0.392 e. The first kappa shape index (κ1) is 24.8. The summed E-state index contributed by atoms with van der Waals surface area (Å²) < 4.78 is 0. The molecule has 1 fully saturated rings. The van der Waals surface area contributed by atoms with Crippen molar-refractivity contribution in [1.82, 2.24) is 10.3 Å². The van der Waals surface area contributed by atoms with Gasteiger partial charge in [-0.25, -0.2) is 4.98 Å². The van der Waals surface area contributed by atoms with Crippen LogP contribution in [0, 0.1) is 24.2 Å². The number of aliphatic hydroxyl groups is 2. The minimum atomic E-state index is -1.09. The second kappa shape index (κ2) is 10.4. The molecule has 6 nitrogen and oxygen atoms in total. The Morgan fingerprint density at radius 1 is 1.31 bits per heavy atom. The van der Waals surface area contributed by atoms with Gasteiger partial charge in [-0.3, -0.25) is 9.59 Å². The Kier molecular flexibility index (Phi) is 8.06. The van der Waals surface area contributed by atoms with Crippen LogP contribution in [0.3, 0.4) is 0 Å². The van der Waals surface area contributed by atoms with Gasteiger partial charge in [0.25, 0.3) is 0 Å². The number of aryl methyl sites for hydroxylation is 1. The molecule has 0 saturated heterocycles. The van der Waals surface area contributed by atoms with Crippen molar-refractivity contribution in [3.8, 4) is 0 Å². The third-order valence-electron chi connectivity index (χ3n) is 7.15. The number of nitrogens with zero attached hydrogens (tertiary/aromatic N) is 1. The molecule has 1 saturated carbocycles. The topological polar surface area (TPSA) is 99.5 Å². The maximum absolute atomic E-state index is 13.0. The van der Waals surface area contributed by atoms with Gasteiger partial charge in [-0.1, -0.05) is 26.0 Å². The fourth-order valence-electron chi connectivity index (χ4n) is 5.06. The first-order valence-corrected chi connectivity index (χ1v) is 12.4. The number of fused-ring (bicyclic) bond motifs is 2. The lowest BCUT2D eigenvalue weighted by Crippen LogP contribution is -2.54. The highest BCUT2D eigenvalue weighted by Crippen LogP contribution is 2.44. The van der Waals surface area contributed by atoms with Crippen molar-refractivity contribution in [2.45, 2.75) is 84.5 Å². The summed E-state index contributed by atoms with van der Waals surface area (Å²) in [5.74, 6) is -1.03. The van der Waals surface area contributed by atoms with Crippen LogP contribution in [0.15, 0.2) is 23.1 Å². The first-order valence-electron chi connectivity index (χ1n) is 11.6. The molecule has 0 unspecified atom stereocenters. The highest BCUT2D eigenvalue weighted by atomic mass is 32.1. The van der Waals surface area contributed by atoms with E-state index in [0.29, 0.717) is 12.8 Å². The maximum atomic E-state index is 13.0. The van der Waals surface area contributed by atoms with E-state index in [1.807, 2.05) is 25.3 Å². The number of hydrogen-bond acceptors (Lipinski definition) is 6. The zero-order valence-corrected chi connectivity index (χ0v) is 20.3. The third kappa shape index (κ3) is 5.56. The summed E-state index contributed by atoms with van der Waals surface area (Å²) in [6.07, 6.45) is 7.92. The quantitative estimate of drug-likeness (QED) is 0.583. The van der Waals surface area contributed by atoms with Crippen LogP contribution < -0.4 is 5.32 Å². The Bertz CT molecular complexity index is 892. The standard InChI is InChI=1S/C25H36N2O4S/c1-15(11-19-14-32-17(3)26-19)20-10-8-6-5-7-9-18-13-25(4,21(28)12-22(29)27-20)24(31)16(2)23(18)30/h6,8,11,14,16,18,20-21,23,28,30H,5,7,9-10,12-13H2,1-4H3,(H,27,29)/b8-6-,15-11+/t16-,18-,20+,21+,23-,25-/m1/s1. The minimum absolute atomic E-state index is 0.0544. The molecule has 1 aliphatic carbocycles. The van der Waals surface area contributed by atoms with Crippen LogP contribution in [-0.2, 0) is 9.59 Å². The zero-order chi connectivity index (χ0) is 23.5. The van der Waals surface area contributed by atoms with Gasteiger partial charge < -0.3 is 15.5 Å². The number of carbonyl (C=O) groups excluding carboxylic acids is 2. The van der Waals surface area contributed by atoms with Crippen molar-refractivity contribution in [3.05, 3.63) is 33.8 Å². The van der Waals surface area contributed by atoms with Gasteiger partial charge in [-0.2, -0.15) is 0 Å². The molecule has 7 heteroatoms. The number of nitrogens with one attached hydrogen (secondary N) is 1. The number of hydrogen-bond donors (Lipinski definition) is 3. The van der Waals surface area contributed by atoms with Gasteiger partial charge >= 0.3 is 0 Å². The number of amides is 1. The summed E-state index contributed by atoms with van der Waals surface area (Å²) in [5, 5.41) is 27.7. The molecule has 3 N–H and O–H groups in total. The van der Waals surface area contributed by atoms with Gasteiger partial charge in [0.05, 0.1) is 40.8 Å². The van der Waals surface area contributed by atoms with Crippen molar-refractivity contribution in [1.29, 1.82) is 0 Å². The van der Waals surface area contributed by atoms with E-state index in [-0.39, 0.29) is 30.1 Å². The molecule has 0 aromatic carbocycles. The average Bonchev–Trinajstić information content (AvgIpc) is 3.15. The first-order chi connectivity index (χ1) is 15.1. The van der Waals surface area contributed by atoms with Crippen molar-refractivity contribution in [2.24, 2.45) is 17.3 Å². The predicted molar refractivity (Wildman–Crippen MR) is 127 cm³/mol. The van der Waals surface area contributed by atoms with E-state index in [4.69, 9.17) is 0 Å². The molecule has 0 spiro atoms. The van der Waals surface area contributed by atoms with Crippen LogP contribution in [0.2, 0.25) is 0 Å². The van der Waals surface area contributed by atoms with E-state index in [2.05, 4.69) is 22.5 Å². The fourth-order valence-corrected chi connectivity index (χ4v) is 5.63. The fraction of sp³-hybridized carbons (Fsp3) is 0.640. The van der Waals surface area contributed by atoms with Crippen molar-refractivity contribution >= 4 is 29.1 Å². The van der Waals surface area contributed by atoms with Gasteiger partial charge in [0.15, 0.2) is 0 Å². The number of aromatic nitrogens is 1. The summed E-state index contributed by atoms with van der Waals surface area (Å²) in [7, 11) is 0. The van der Waals surface area contributed by atoms with Crippen LogP contribution in [-0.4, -0.2) is 45.1 Å². The van der Waals surface area contributed by atoms with Crippen molar-refractivity contribution < 1.29 is 19.8 Å². The smallest absolute Gasteiger partial charge is 0.223 e. The van der Waals surface area contributed by atoms with E-state index in [0.717, 1.165) is 35.5 Å². The average molecular weight is 461 g/mol. The Morgan fingerprint density at radius 3 is 2.75 bits per heavy atom. The highest BCUT2D eigenvalue weighted by Gasteiger charge is 2.51. The molecule has 2 bridgehead atoms. The number of rotatable bonds is 2. The van der Waals surface area contributed by atoms with Crippen LogP contribution in [0.25, 0.3) is 6.08 Å². The van der Waals surface area contributed by atoms with E-state index < -0.39 is 23.5 Å². The van der Waals surface area contributed by atoms with Crippen molar-refractivity contribution in [2.75, 3.05) is 0 Å². The molecular formula is C25H36N2O4S. The van der Waals surface area contributed by atoms with Gasteiger partial charge in [-0.05, 0) is 63.5 Å². The zero-order valence-electron chi connectivity index (χ0n) is 19.5. The molecule has 6 atom stereocenters. The third-order valence-corrected chi connectivity index (χ3v) is 7.95. The monoisotopic (exact) mass is 460 g/mol. The van der Waals surface area contributed by atoms with E-state index in [9.17, 15) is 19.8 Å². The SMILES string of the molecule is C/C(=C\c1csc(C)n1)[C@@H]1C/C=C\CCC[C@@H]2C[C@@](C)(C(=O)[C@H](C)[C@H]2O)[C@@H](O)CC(=O)N1. The number of allylic oxidation sites excluding steroid dienone is 1. The van der Waals surface area contributed by atoms with Gasteiger partial charge in [0.1, 0.15) is 5.78 Å². The molecule has 2 aliphatic rings. The van der Waals surface area contributed by atoms with E-state index in [1.54, 1.807) is 25.2 Å². The Morgan fingerprint density at radius 2 is 2.06 bits per heavy atom. The molecule has 0 radical (unpaired) electrons. The van der Waals surface area contributed by atoms with Crippen LogP contribution >= 0.6 is 11.3 Å². The molecule has 2 heterocycles. The number of Topliss-reactive ketones (excluding diaryl/α,β-unsaturated/α-hetero) is 1. The largest absolute Gasteiger partial charge is 0.392 e. The van der Waals surface area contributed by atoms with Gasteiger partial charge in [0.2, 0.25) is 5.91 Å². The molecule has 176 valence electrons. The maximum Gasteiger partial charge on any atom is 0.223 e. The molecular weight excluding hydrogens is 424 g/mol. The molecule has 1 aromatic heterocycles. The Labute approximate surface area is 194 Å². The molecule has 32 heavy (non-hydrogen) atoms. The van der Waals surface area contributed by atoms with Crippen LogP contribution in [0.1, 0.15) is 70.0 Å². The lowest BCUT2D eigenvalue weighted by molar-refractivity contribution is -0.156. The molecule has 1 amide bonds. The predicted octanol–water partition coefficient (Wildman–Crippen LogP) is 3.81. The van der Waals surface area contributed by atoms with Gasteiger partial charge in [-0.15, -0.1) is 11.3 Å². The van der Waals surface area contributed by atoms with E-state index in [1.165, 1.54) is 0 Å². The number of aliphatic hydroxyl groups excluding tert-OH is 2. The summed E-state index contributed by atoms with van der Waals surface area (Å²) >= 11 is 1.59. The number of carbonyl (C=O) groups is 2. The Hall–Kier alpha value is -1.83. The molecule has 1 aliphatic heterocycles. The normalized spacial score (nSPS) is 36.3. The summed E-state index contributed by atoms with van der Waals surface area (Å²) in [6.45, 7) is 7.42. The van der Waals surface area contributed by atoms with Crippen molar-refractivity contribution in [3.63, 3.8) is 0 Å². The lowest BCUT2D eigenvalue weighted by Gasteiger charge is -2.45. The molecule has 3 rings (SSSR count). The number of ketones is 1. The highest BCUT2D eigenvalue weighted by molar-refractivity contribution is 7.09. The summed E-state index contributed by atoms with van der Waals surface area (Å²) in [6, 6.07) is -0.209. The van der Waals surface area contributed by atoms with Gasteiger partial charge in [0, 0.05) is 11.3 Å². The molecule has 1 aromatic rings. The number of thiazole rings is 1. The van der Waals surface area contributed by atoms with E-state index >= 15 is 0 Å². The second-order valence-electron chi connectivity index (χ2n) is 9.68. The summed E-state index contributed by atoms with van der Waals surface area (Å²) in [5.41, 5.74) is 0.840. The Balaban J connectivity index is 1.83. The lowest BCUT2D eigenvalue weighted by atomic mass is 9.60. The van der Waals surface area contributed by atoms with Crippen LogP contribution in [0.4, 0.5) is 0 Å². The summed E-state index contributed by atoms with van der Waals surface area (Å²) in [4.78, 5) is 30.4. The second-order valence-corrected chi connectivity index (χ2v) is 10.7. The van der Waals surface area contributed by atoms with Crippen LogP contribution in [0.5, 0.6) is 0 Å².